The van der Waals surface area contributed by atoms with Crippen molar-refractivity contribution >= 4 is 23.5 Å². The van der Waals surface area contributed by atoms with Crippen LogP contribution in [0.2, 0.25) is 5.02 Å². The summed E-state index contributed by atoms with van der Waals surface area (Å²) in [4.78, 5) is 4.21. The van der Waals surface area contributed by atoms with Crippen LogP contribution in [0.15, 0.2) is 35.3 Å². The molecular weight excluding hydrogens is 351 g/mol. The molecule has 1 aromatic carbocycles. The van der Waals surface area contributed by atoms with Crippen LogP contribution in [0, 0.1) is 5.92 Å². The summed E-state index contributed by atoms with van der Waals surface area (Å²) in [5.41, 5.74) is -1.61. The highest BCUT2D eigenvalue weighted by Crippen LogP contribution is 2.54. The van der Waals surface area contributed by atoms with E-state index in [1.54, 1.807) is 24.3 Å². The number of allylic oxidation sites excluding steroid dienone is 1. The Labute approximate surface area is 150 Å². The monoisotopic (exact) mass is 371 g/mol. The van der Waals surface area contributed by atoms with E-state index in [1.165, 1.54) is 12.3 Å². The summed E-state index contributed by atoms with van der Waals surface area (Å²) in [5.74, 6) is -0.862. The van der Waals surface area contributed by atoms with Crippen molar-refractivity contribution in [2.45, 2.75) is 50.6 Å². The molecule has 0 amide bonds. The molecule has 7 heteroatoms. The number of hydrogen-bond acceptors (Lipinski definition) is 3. The predicted molar refractivity (Wildman–Crippen MR) is 95.2 cm³/mol. The van der Waals surface area contributed by atoms with Gasteiger partial charge in [-0.05, 0) is 37.1 Å². The van der Waals surface area contributed by atoms with Crippen LogP contribution >= 0.6 is 11.6 Å². The lowest BCUT2D eigenvalue weighted by Gasteiger charge is -2.49. The summed E-state index contributed by atoms with van der Waals surface area (Å²) in [5, 5.41) is 6.27. The number of halogens is 4. The Kier molecular flexibility index (Phi) is 4.86. The first kappa shape index (κ1) is 18.3. The van der Waals surface area contributed by atoms with E-state index >= 15 is 0 Å². The first-order valence-electron chi connectivity index (χ1n) is 8.53. The second-order valence-electron chi connectivity index (χ2n) is 6.21. The molecule has 1 fully saturated rings. The molecule has 1 aliphatic carbocycles. The van der Waals surface area contributed by atoms with E-state index in [9.17, 15) is 13.2 Å². The van der Waals surface area contributed by atoms with Gasteiger partial charge >= 0.3 is 6.18 Å². The number of nitrogens with zero attached hydrogens (tertiary/aromatic N) is 1. The SMILES string of the molecule is CC.FC(F)(F)C1(NC2CC2)c2cc(Cl)ccc2NC2N=CC=CC21. The van der Waals surface area contributed by atoms with Crippen LogP contribution in [0.25, 0.3) is 0 Å². The van der Waals surface area contributed by atoms with Gasteiger partial charge in [-0.2, -0.15) is 13.2 Å². The smallest absolute Gasteiger partial charge is 0.363 e. The fourth-order valence-electron chi connectivity index (χ4n) is 3.47. The van der Waals surface area contributed by atoms with Crippen LogP contribution in [0.5, 0.6) is 0 Å². The fraction of sp³-hybridized carbons (Fsp3) is 0.500. The average Bonchev–Trinajstić information content (AvgIpc) is 3.40. The Hall–Kier alpha value is -1.53. The molecule has 0 aromatic heterocycles. The maximum absolute atomic E-state index is 14.3. The van der Waals surface area contributed by atoms with Crippen LogP contribution < -0.4 is 10.6 Å². The lowest BCUT2D eigenvalue weighted by atomic mass is 9.71. The molecule has 3 unspecified atom stereocenters. The van der Waals surface area contributed by atoms with Crippen LogP contribution in [-0.2, 0) is 5.54 Å². The second kappa shape index (κ2) is 6.65. The number of alkyl halides is 3. The molecule has 0 saturated heterocycles. The number of hydrogen-bond donors (Lipinski definition) is 2. The van der Waals surface area contributed by atoms with Crippen molar-refractivity contribution in [2.75, 3.05) is 5.32 Å². The van der Waals surface area contributed by atoms with Gasteiger partial charge in [0, 0.05) is 34.4 Å². The summed E-state index contributed by atoms with van der Waals surface area (Å²) in [6.07, 6.45) is 1.08. The normalized spacial score (nSPS) is 29.8. The zero-order valence-corrected chi connectivity index (χ0v) is 14.8. The molecule has 1 saturated carbocycles. The molecule has 3 aliphatic rings. The van der Waals surface area contributed by atoms with Gasteiger partial charge in [0.15, 0.2) is 5.54 Å². The Morgan fingerprint density at radius 1 is 1.28 bits per heavy atom. The van der Waals surface area contributed by atoms with Crippen molar-refractivity contribution in [2.24, 2.45) is 10.9 Å². The summed E-state index contributed by atoms with van der Waals surface area (Å²) < 4.78 is 43.0. The molecular formula is C18H21ClF3N3. The van der Waals surface area contributed by atoms with E-state index in [0.29, 0.717) is 10.7 Å². The zero-order valence-electron chi connectivity index (χ0n) is 14.1. The number of aliphatic imine (C=N–C) groups is 1. The Morgan fingerprint density at radius 3 is 2.64 bits per heavy atom. The van der Waals surface area contributed by atoms with Crippen LogP contribution in [0.1, 0.15) is 32.3 Å². The third kappa shape index (κ3) is 3.06. The van der Waals surface area contributed by atoms with Crippen LogP contribution in [0.3, 0.4) is 0 Å². The van der Waals surface area contributed by atoms with Crippen molar-refractivity contribution in [1.29, 1.82) is 0 Å². The molecule has 0 spiro atoms. The van der Waals surface area contributed by atoms with Gasteiger partial charge in [-0.15, -0.1) is 0 Å². The van der Waals surface area contributed by atoms with E-state index in [-0.39, 0.29) is 11.6 Å². The molecule has 136 valence electrons. The minimum Gasteiger partial charge on any atom is -0.363 e. The number of anilines is 1. The molecule has 0 bridgehead atoms. The predicted octanol–water partition coefficient (Wildman–Crippen LogP) is 4.88. The summed E-state index contributed by atoms with van der Waals surface area (Å²) in [6, 6.07) is 4.47. The van der Waals surface area contributed by atoms with Crippen molar-refractivity contribution in [3.8, 4) is 0 Å². The molecule has 1 aromatic rings. The van der Waals surface area contributed by atoms with Gasteiger partial charge in [0.2, 0.25) is 0 Å². The van der Waals surface area contributed by atoms with Crippen LogP contribution in [-0.4, -0.2) is 24.6 Å². The van der Waals surface area contributed by atoms with Crippen LogP contribution in [0.4, 0.5) is 18.9 Å². The van der Waals surface area contributed by atoms with Gasteiger partial charge in [-0.3, -0.25) is 10.3 Å². The Morgan fingerprint density at radius 2 is 2.00 bits per heavy atom. The lowest BCUT2D eigenvalue weighted by molar-refractivity contribution is -0.216. The van der Waals surface area contributed by atoms with Gasteiger partial charge in [0.25, 0.3) is 0 Å². The standard InChI is InChI=1S/C16H15ClF3N3.C2H6/c17-9-3-6-13-12(8-9)15(16(18,19)20,23-10-4-5-10)11-2-1-7-21-14(11)22-13;1-2/h1-3,6-8,10-11,14,22-23H,4-5H2;1-2H3. The fourth-order valence-corrected chi connectivity index (χ4v) is 3.64. The Balaban J connectivity index is 0.000000880. The maximum atomic E-state index is 14.3. The van der Waals surface area contributed by atoms with E-state index in [1.807, 2.05) is 13.8 Å². The van der Waals surface area contributed by atoms with Gasteiger partial charge in [-0.1, -0.05) is 31.5 Å². The van der Waals surface area contributed by atoms with Gasteiger partial charge in [0.1, 0.15) is 6.17 Å². The largest absolute Gasteiger partial charge is 0.411 e. The van der Waals surface area contributed by atoms with E-state index in [2.05, 4.69) is 15.6 Å². The zero-order chi connectivity index (χ0) is 18.2. The second-order valence-corrected chi connectivity index (χ2v) is 6.65. The highest BCUT2D eigenvalue weighted by atomic mass is 35.5. The molecule has 2 N–H and O–H groups in total. The van der Waals surface area contributed by atoms with Crippen molar-refractivity contribution < 1.29 is 13.2 Å². The molecule has 4 rings (SSSR count). The van der Waals surface area contributed by atoms with Crippen molar-refractivity contribution in [3.63, 3.8) is 0 Å². The van der Waals surface area contributed by atoms with Gasteiger partial charge in [-0.25, -0.2) is 0 Å². The minimum atomic E-state index is -4.47. The van der Waals surface area contributed by atoms with E-state index < -0.39 is 23.8 Å². The summed E-state index contributed by atoms with van der Waals surface area (Å²) in [7, 11) is 0. The number of fused-ring (bicyclic) bond motifs is 2. The number of nitrogens with one attached hydrogen (secondary N) is 2. The van der Waals surface area contributed by atoms with Gasteiger partial charge < -0.3 is 5.32 Å². The average molecular weight is 372 g/mol. The highest BCUT2D eigenvalue weighted by molar-refractivity contribution is 6.30. The third-order valence-electron chi connectivity index (χ3n) is 4.66. The number of rotatable bonds is 2. The molecule has 3 atom stereocenters. The van der Waals surface area contributed by atoms with Gasteiger partial charge in [0.05, 0.1) is 0 Å². The first-order valence-corrected chi connectivity index (χ1v) is 8.90. The summed E-state index contributed by atoms with van der Waals surface area (Å²) in [6.45, 7) is 4.00. The van der Waals surface area contributed by atoms with E-state index in [0.717, 1.165) is 12.8 Å². The van der Waals surface area contributed by atoms with E-state index in [4.69, 9.17) is 11.6 Å². The lowest BCUT2D eigenvalue weighted by Crippen LogP contribution is -2.64. The van der Waals surface area contributed by atoms with Crippen molar-refractivity contribution in [3.05, 3.63) is 40.9 Å². The minimum absolute atomic E-state index is 0.124. The number of benzene rings is 1. The topological polar surface area (TPSA) is 36.4 Å². The first-order chi connectivity index (χ1) is 11.9. The maximum Gasteiger partial charge on any atom is 0.411 e. The molecule has 25 heavy (non-hydrogen) atoms. The molecule has 0 radical (unpaired) electrons. The quantitative estimate of drug-likeness (QED) is 0.777. The molecule has 2 heterocycles. The van der Waals surface area contributed by atoms with Crippen molar-refractivity contribution in [1.82, 2.24) is 5.32 Å². The molecule has 2 aliphatic heterocycles. The number of dihydropyridines is 1. The third-order valence-corrected chi connectivity index (χ3v) is 4.89. The highest BCUT2D eigenvalue weighted by Gasteiger charge is 2.65. The Bertz CT molecular complexity index is 697. The summed E-state index contributed by atoms with van der Waals surface area (Å²) >= 11 is 6.01. The molecule has 3 nitrogen and oxygen atoms in total.